The van der Waals surface area contributed by atoms with E-state index in [-0.39, 0.29) is 0 Å². The van der Waals surface area contributed by atoms with E-state index < -0.39 is 0 Å². The van der Waals surface area contributed by atoms with E-state index in [2.05, 4.69) is 76.7 Å². The minimum Gasteiger partial charge on any atom is -0.382 e. The molecule has 1 aliphatic rings. The molecule has 0 amide bonds. The molecular formula is C19H22BrN. The third kappa shape index (κ3) is 3.49. The van der Waals surface area contributed by atoms with Gasteiger partial charge < -0.3 is 5.32 Å². The van der Waals surface area contributed by atoms with E-state index in [1.54, 1.807) is 0 Å². The molecule has 1 N–H and O–H groups in total. The second-order valence-electron chi connectivity index (χ2n) is 6.02. The molecule has 2 unspecified atom stereocenters. The maximum absolute atomic E-state index is 3.77. The molecule has 0 aliphatic heterocycles. The molecule has 1 fully saturated rings. The van der Waals surface area contributed by atoms with E-state index in [1.807, 2.05) is 0 Å². The normalized spacial score (nSPS) is 22.0. The molecule has 0 aromatic heterocycles. The lowest BCUT2D eigenvalue weighted by molar-refractivity contribution is 0.405. The Labute approximate surface area is 135 Å². The van der Waals surface area contributed by atoms with Gasteiger partial charge in [0.15, 0.2) is 0 Å². The minimum absolute atomic E-state index is 0.538. The van der Waals surface area contributed by atoms with Crippen LogP contribution in [0, 0.1) is 6.92 Å². The van der Waals surface area contributed by atoms with Crippen molar-refractivity contribution in [1.82, 2.24) is 0 Å². The Balaban J connectivity index is 1.79. The number of hydrogen-bond donors (Lipinski definition) is 1. The molecule has 21 heavy (non-hydrogen) atoms. The lowest BCUT2D eigenvalue weighted by Crippen LogP contribution is -2.30. The molecule has 0 heterocycles. The molecule has 1 saturated carbocycles. The van der Waals surface area contributed by atoms with Gasteiger partial charge in [-0.05, 0) is 43.0 Å². The van der Waals surface area contributed by atoms with E-state index in [9.17, 15) is 0 Å². The SMILES string of the molecule is Cc1ccc(NC2CCCCC2c2ccccc2)cc1Br. The average molecular weight is 344 g/mol. The van der Waals surface area contributed by atoms with Crippen LogP contribution in [0.3, 0.4) is 0 Å². The molecule has 1 aliphatic carbocycles. The standard InChI is InChI=1S/C19H22BrN/c1-14-11-12-16(13-18(14)20)21-19-10-6-5-9-17(19)15-7-3-2-4-8-15/h2-4,7-8,11-13,17,19,21H,5-6,9-10H2,1H3. The minimum atomic E-state index is 0.538. The first kappa shape index (κ1) is 14.6. The van der Waals surface area contributed by atoms with Crippen LogP contribution in [0.1, 0.15) is 42.7 Å². The highest BCUT2D eigenvalue weighted by Crippen LogP contribution is 2.35. The van der Waals surface area contributed by atoms with Crippen molar-refractivity contribution in [3.05, 3.63) is 64.1 Å². The van der Waals surface area contributed by atoms with Gasteiger partial charge in [-0.1, -0.05) is 65.2 Å². The van der Waals surface area contributed by atoms with Crippen LogP contribution < -0.4 is 5.32 Å². The Bertz CT molecular complexity index is 594. The van der Waals surface area contributed by atoms with Crippen LogP contribution in [0.5, 0.6) is 0 Å². The quantitative estimate of drug-likeness (QED) is 0.731. The third-order valence-corrected chi connectivity index (χ3v) is 5.37. The van der Waals surface area contributed by atoms with Gasteiger partial charge in [0.2, 0.25) is 0 Å². The Morgan fingerprint density at radius 2 is 1.76 bits per heavy atom. The molecule has 2 aromatic carbocycles. The van der Waals surface area contributed by atoms with Crippen molar-refractivity contribution < 1.29 is 0 Å². The van der Waals surface area contributed by atoms with Crippen LogP contribution in [0.4, 0.5) is 5.69 Å². The molecule has 0 spiro atoms. The zero-order valence-corrected chi connectivity index (χ0v) is 14.1. The lowest BCUT2D eigenvalue weighted by atomic mass is 9.80. The number of rotatable bonds is 3. The molecule has 0 radical (unpaired) electrons. The van der Waals surface area contributed by atoms with Gasteiger partial charge >= 0.3 is 0 Å². The summed E-state index contributed by atoms with van der Waals surface area (Å²) in [5, 5.41) is 3.77. The van der Waals surface area contributed by atoms with E-state index >= 15 is 0 Å². The zero-order valence-electron chi connectivity index (χ0n) is 12.5. The van der Waals surface area contributed by atoms with Crippen molar-refractivity contribution in [1.29, 1.82) is 0 Å². The van der Waals surface area contributed by atoms with Crippen LogP contribution in [0.2, 0.25) is 0 Å². The van der Waals surface area contributed by atoms with Crippen molar-refractivity contribution in [3.63, 3.8) is 0 Å². The second kappa shape index (κ2) is 6.65. The monoisotopic (exact) mass is 343 g/mol. The molecule has 0 saturated heterocycles. The molecule has 2 atom stereocenters. The Morgan fingerprint density at radius 1 is 1.00 bits per heavy atom. The van der Waals surface area contributed by atoms with E-state index in [1.165, 1.54) is 47.0 Å². The fourth-order valence-corrected chi connectivity index (χ4v) is 3.68. The van der Waals surface area contributed by atoms with E-state index in [0.29, 0.717) is 12.0 Å². The third-order valence-electron chi connectivity index (χ3n) is 4.52. The van der Waals surface area contributed by atoms with Gasteiger partial charge in [-0.2, -0.15) is 0 Å². The summed E-state index contributed by atoms with van der Waals surface area (Å²) in [7, 11) is 0. The Kier molecular flexibility index (Phi) is 4.64. The first-order chi connectivity index (χ1) is 10.2. The Hall–Kier alpha value is -1.28. The van der Waals surface area contributed by atoms with Gasteiger partial charge in [0.25, 0.3) is 0 Å². The zero-order chi connectivity index (χ0) is 14.7. The highest BCUT2D eigenvalue weighted by molar-refractivity contribution is 9.10. The molecule has 110 valence electrons. The predicted molar refractivity (Wildman–Crippen MR) is 93.9 cm³/mol. The van der Waals surface area contributed by atoms with E-state index in [0.717, 1.165) is 0 Å². The molecular weight excluding hydrogens is 322 g/mol. The first-order valence-electron chi connectivity index (χ1n) is 7.81. The van der Waals surface area contributed by atoms with Crippen LogP contribution in [0.15, 0.2) is 53.0 Å². The molecule has 0 bridgehead atoms. The average Bonchev–Trinajstić information content (AvgIpc) is 2.52. The highest BCUT2D eigenvalue weighted by Gasteiger charge is 2.26. The van der Waals surface area contributed by atoms with Gasteiger partial charge in [0.05, 0.1) is 0 Å². The summed E-state index contributed by atoms with van der Waals surface area (Å²) in [5.74, 6) is 0.625. The van der Waals surface area contributed by atoms with Crippen LogP contribution in [-0.4, -0.2) is 6.04 Å². The number of aryl methyl sites for hydroxylation is 1. The number of hydrogen-bond acceptors (Lipinski definition) is 1. The summed E-state index contributed by atoms with van der Waals surface area (Å²) in [6.45, 7) is 2.13. The second-order valence-corrected chi connectivity index (χ2v) is 6.87. The maximum Gasteiger partial charge on any atom is 0.0354 e. The maximum atomic E-state index is 3.77. The van der Waals surface area contributed by atoms with Gasteiger partial charge in [0.1, 0.15) is 0 Å². The number of benzene rings is 2. The summed E-state index contributed by atoms with van der Waals surface area (Å²) in [6.07, 6.45) is 5.21. The highest BCUT2D eigenvalue weighted by atomic mass is 79.9. The van der Waals surface area contributed by atoms with Gasteiger partial charge in [-0.15, -0.1) is 0 Å². The smallest absolute Gasteiger partial charge is 0.0354 e. The van der Waals surface area contributed by atoms with Crippen LogP contribution >= 0.6 is 15.9 Å². The van der Waals surface area contributed by atoms with Crippen molar-refractivity contribution >= 4 is 21.6 Å². The summed E-state index contributed by atoms with van der Waals surface area (Å²) in [6, 6.07) is 18.1. The lowest BCUT2D eigenvalue weighted by Gasteiger charge is -2.33. The fourth-order valence-electron chi connectivity index (χ4n) is 3.30. The summed E-state index contributed by atoms with van der Waals surface area (Å²) in [5.41, 5.74) is 3.98. The molecule has 1 nitrogen and oxygen atoms in total. The van der Waals surface area contributed by atoms with Crippen molar-refractivity contribution in [3.8, 4) is 0 Å². The van der Waals surface area contributed by atoms with Crippen LogP contribution in [-0.2, 0) is 0 Å². The fraction of sp³-hybridized carbons (Fsp3) is 0.368. The van der Waals surface area contributed by atoms with Gasteiger partial charge in [0, 0.05) is 22.1 Å². The van der Waals surface area contributed by atoms with Crippen LogP contribution in [0.25, 0.3) is 0 Å². The summed E-state index contributed by atoms with van der Waals surface area (Å²) >= 11 is 3.63. The molecule has 2 heteroatoms. The number of halogens is 1. The number of anilines is 1. The number of nitrogens with one attached hydrogen (secondary N) is 1. The van der Waals surface area contributed by atoms with Crippen molar-refractivity contribution in [2.24, 2.45) is 0 Å². The van der Waals surface area contributed by atoms with Gasteiger partial charge in [-0.3, -0.25) is 0 Å². The summed E-state index contributed by atoms with van der Waals surface area (Å²) in [4.78, 5) is 0. The Morgan fingerprint density at radius 3 is 2.52 bits per heavy atom. The molecule has 2 aromatic rings. The van der Waals surface area contributed by atoms with Gasteiger partial charge in [-0.25, -0.2) is 0 Å². The van der Waals surface area contributed by atoms with Crippen molar-refractivity contribution in [2.45, 2.75) is 44.6 Å². The molecule has 3 rings (SSSR count). The van der Waals surface area contributed by atoms with E-state index in [4.69, 9.17) is 0 Å². The largest absolute Gasteiger partial charge is 0.382 e. The predicted octanol–water partition coefficient (Wildman–Crippen LogP) is 5.90. The first-order valence-corrected chi connectivity index (χ1v) is 8.61. The summed E-state index contributed by atoms with van der Waals surface area (Å²) < 4.78 is 1.18. The topological polar surface area (TPSA) is 12.0 Å². The van der Waals surface area contributed by atoms with Crippen molar-refractivity contribution in [2.75, 3.05) is 5.32 Å².